The summed E-state index contributed by atoms with van der Waals surface area (Å²) in [4.78, 5) is 101. The summed E-state index contributed by atoms with van der Waals surface area (Å²) in [5.41, 5.74) is 5.85. The number of amides is 7. The van der Waals surface area contributed by atoms with Gasteiger partial charge in [-0.3, -0.25) is 48.6 Å². The number of primary amides is 1. The highest BCUT2D eigenvalue weighted by atomic mass is 127. The van der Waals surface area contributed by atoms with E-state index in [4.69, 9.17) is 5.73 Å². The smallest absolute Gasteiger partial charge is 0.243 e. The van der Waals surface area contributed by atoms with Gasteiger partial charge in [0.15, 0.2) is 5.78 Å². The van der Waals surface area contributed by atoms with Crippen LogP contribution in [0.25, 0.3) is 0 Å². The molecule has 7 N–H and O–H groups in total. The molecule has 1 aliphatic heterocycles. The van der Waals surface area contributed by atoms with E-state index in [1.165, 1.54) is 16.7 Å². The number of imide groups is 1. The molecule has 7 amide bonds. The fourth-order valence-electron chi connectivity index (χ4n) is 6.04. The fourth-order valence-corrected chi connectivity index (χ4v) is 7.60. The Bertz CT molecular complexity index is 1440. The third-order valence-corrected chi connectivity index (χ3v) is 12.1. The van der Waals surface area contributed by atoms with E-state index >= 15 is 0 Å². The number of likely N-dealkylation sites (N-methyl/N-ethyl adjacent to an activating group) is 1. The topological polar surface area (TPSA) is 226 Å². The van der Waals surface area contributed by atoms with E-state index in [0.29, 0.717) is 13.0 Å². The molecule has 1 saturated heterocycles. The third-order valence-electron chi connectivity index (χ3n) is 9.05. The second-order valence-corrected chi connectivity index (χ2v) is 15.8. The van der Waals surface area contributed by atoms with E-state index < -0.39 is 64.0 Å². The number of rotatable bonds is 20. The number of likely N-dealkylation sites (tertiary alicyclic amines) is 1. The molecule has 17 heteroatoms. The van der Waals surface area contributed by atoms with Crippen molar-refractivity contribution < 1.29 is 38.4 Å². The van der Waals surface area contributed by atoms with Gasteiger partial charge >= 0.3 is 0 Å². The van der Waals surface area contributed by atoms with E-state index in [9.17, 15) is 38.4 Å². The van der Waals surface area contributed by atoms with Crippen LogP contribution in [0.5, 0.6) is 0 Å². The molecule has 0 bridgehead atoms. The average molecular weight is 842 g/mol. The van der Waals surface area contributed by atoms with Crippen molar-refractivity contribution in [3.8, 4) is 0 Å². The van der Waals surface area contributed by atoms with Crippen LogP contribution in [0, 0.1) is 11.8 Å². The van der Waals surface area contributed by atoms with Gasteiger partial charge < -0.3 is 27.0 Å². The van der Waals surface area contributed by atoms with Crippen molar-refractivity contribution in [3.63, 3.8) is 0 Å². The summed E-state index contributed by atoms with van der Waals surface area (Å²) in [7, 11) is 1.79. The van der Waals surface area contributed by atoms with Crippen LogP contribution in [0.1, 0.15) is 57.4 Å². The van der Waals surface area contributed by atoms with Crippen LogP contribution in [0.4, 0.5) is 0 Å². The quantitative estimate of drug-likeness (QED) is 0.0444. The number of ketones is 1. The highest BCUT2D eigenvalue weighted by molar-refractivity contribution is 14.1. The number of benzene rings is 1. The van der Waals surface area contributed by atoms with Crippen molar-refractivity contribution in [2.24, 2.45) is 17.6 Å². The molecule has 1 aromatic carbocycles. The SMILES string of the molecule is CCC(I)(NC)C(=O)C1CCC(CN2C(=O)CC(SCCC(=O)NCC(=O)NCC(=O)N[C@@H](Cc3ccccc3)C(=O)NCC(N)=O)C2=O)CC1. The van der Waals surface area contributed by atoms with Crippen LogP contribution in [0.2, 0.25) is 0 Å². The fraction of sp³-hybridized carbons (Fsp3) is 0.588. The zero-order valence-corrected chi connectivity index (χ0v) is 31.9. The maximum absolute atomic E-state index is 13.0. The first-order valence-electron chi connectivity index (χ1n) is 17.1. The first-order chi connectivity index (χ1) is 24.3. The van der Waals surface area contributed by atoms with E-state index in [1.807, 2.05) is 6.92 Å². The summed E-state index contributed by atoms with van der Waals surface area (Å²) >= 11 is 3.41. The van der Waals surface area contributed by atoms with Crippen LogP contribution >= 0.6 is 34.4 Å². The minimum Gasteiger partial charge on any atom is -0.368 e. The molecule has 51 heavy (non-hydrogen) atoms. The van der Waals surface area contributed by atoms with Gasteiger partial charge in [-0.15, -0.1) is 11.8 Å². The number of hydrogen-bond acceptors (Lipinski definition) is 10. The Morgan fingerprint density at radius 3 is 2.22 bits per heavy atom. The van der Waals surface area contributed by atoms with Gasteiger partial charge in [-0.25, -0.2) is 0 Å². The van der Waals surface area contributed by atoms with Gasteiger partial charge in [0.25, 0.3) is 0 Å². The number of thioether (sulfide) groups is 1. The first-order valence-corrected chi connectivity index (χ1v) is 19.2. The van der Waals surface area contributed by atoms with Gasteiger partial charge in [0.1, 0.15) is 9.59 Å². The summed E-state index contributed by atoms with van der Waals surface area (Å²) in [6.45, 7) is 1.08. The van der Waals surface area contributed by atoms with Crippen molar-refractivity contribution in [1.29, 1.82) is 0 Å². The number of hydrogen-bond donors (Lipinski definition) is 6. The highest BCUT2D eigenvalue weighted by Gasteiger charge is 2.42. The molecule has 15 nitrogen and oxygen atoms in total. The number of nitrogens with two attached hydrogens (primary N) is 1. The van der Waals surface area contributed by atoms with Crippen LogP contribution in [0.15, 0.2) is 30.3 Å². The molecule has 2 fully saturated rings. The zero-order valence-electron chi connectivity index (χ0n) is 29.0. The van der Waals surface area contributed by atoms with Gasteiger partial charge in [-0.2, -0.15) is 0 Å². The summed E-state index contributed by atoms with van der Waals surface area (Å²) in [5, 5.41) is 12.3. The lowest BCUT2D eigenvalue weighted by atomic mass is 9.78. The van der Waals surface area contributed by atoms with E-state index in [1.54, 1.807) is 37.4 Å². The Hall–Kier alpha value is -3.58. The second kappa shape index (κ2) is 20.5. The number of nitrogens with one attached hydrogen (secondary N) is 5. The van der Waals surface area contributed by atoms with Gasteiger partial charge in [0, 0.05) is 37.5 Å². The number of alkyl halides is 1. The van der Waals surface area contributed by atoms with Crippen LogP contribution in [-0.4, -0.2) is 106 Å². The van der Waals surface area contributed by atoms with Crippen molar-refractivity contribution in [1.82, 2.24) is 31.5 Å². The molecule has 0 aromatic heterocycles. The Balaban J connectivity index is 1.34. The number of halogens is 1. The molecule has 1 aromatic rings. The van der Waals surface area contributed by atoms with Crippen LogP contribution in [0.3, 0.4) is 0 Å². The normalized spacial score (nSPS) is 20.5. The monoisotopic (exact) mass is 841 g/mol. The molecule has 1 heterocycles. The lowest BCUT2D eigenvalue weighted by Gasteiger charge is -2.34. The number of Topliss-reactive ketones (excluding diaryl/α,β-unsaturated/α-hetero) is 1. The maximum atomic E-state index is 13.0. The molecule has 2 unspecified atom stereocenters. The molecule has 1 saturated carbocycles. The van der Waals surface area contributed by atoms with Gasteiger partial charge in [0.2, 0.25) is 41.4 Å². The van der Waals surface area contributed by atoms with Gasteiger partial charge in [0.05, 0.1) is 24.9 Å². The van der Waals surface area contributed by atoms with Crippen LogP contribution < -0.4 is 32.3 Å². The van der Waals surface area contributed by atoms with Crippen molar-refractivity contribution in [3.05, 3.63) is 35.9 Å². The summed E-state index contributed by atoms with van der Waals surface area (Å²) in [6, 6.07) is 7.87. The van der Waals surface area contributed by atoms with Crippen LogP contribution in [-0.2, 0) is 44.8 Å². The van der Waals surface area contributed by atoms with E-state index in [0.717, 1.165) is 31.2 Å². The van der Waals surface area contributed by atoms with Gasteiger partial charge in [-0.1, -0.05) is 59.8 Å². The lowest BCUT2D eigenvalue weighted by molar-refractivity contribution is -0.139. The minimum absolute atomic E-state index is 0.0126. The maximum Gasteiger partial charge on any atom is 0.243 e. The molecule has 1 aliphatic carbocycles. The van der Waals surface area contributed by atoms with E-state index in [-0.39, 0.29) is 54.4 Å². The molecular formula is C34H48IN7O8S. The second-order valence-electron chi connectivity index (χ2n) is 12.7. The Morgan fingerprint density at radius 2 is 1.59 bits per heavy atom. The molecular weight excluding hydrogens is 793 g/mol. The Kier molecular flexibility index (Phi) is 16.8. The molecule has 2 aliphatic rings. The summed E-state index contributed by atoms with van der Waals surface area (Å²) in [6.07, 6.45) is 3.92. The van der Waals surface area contributed by atoms with E-state index in [2.05, 4.69) is 49.2 Å². The first kappa shape index (κ1) is 41.8. The molecule has 3 rings (SSSR count). The predicted octanol–water partition coefficient (Wildman–Crippen LogP) is -0.0652. The largest absolute Gasteiger partial charge is 0.368 e. The van der Waals surface area contributed by atoms with Crippen molar-refractivity contribution in [2.75, 3.05) is 39.0 Å². The predicted molar refractivity (Wildman–Crippen MR) is 199 cm³/mol. The number of carbonyl (C=O) groups is 8. The average Bonchev–Trinajstić information content (AvgIpc) is 3.39. The molecule has 3 atom stereocenters. The molecule has 0 spiro atoms. The molecule has 0 radical (unpaired) electrons. The van der Waals surface area contributed by atoms with Crippen molar-refractivity contribution in [2.45, 2.75) is 73.1 Å². The highest BCUT2D eigenvalue weighted by Crippen LogP contribution is 2.36. The third kappa shape index (κ3) is 13.2. The minimum atomic E-state index is -1.03. The molecule has 280 valence electrons. The van der Waals surface area contributed by atoms with Gasteiger partial charge in [-0.05, 0) is 50.6 Å². The summed E-state index contributed by atoms with van der Waals surface area (Å²) in [5.74, 6) is -2.98. The Labute approximate surface area is 315 Å². The number of nitrogens with zero attached hydrogens (tertiary/aromatic N) is 1. The number of carbonyl (C=O) groups excluding carboxylic acids is 8. The van der Waals surface area contributed by atoms with Crippen molar-refractivity contribution >= 4 is 81.5 Å². The zero-order chi connectivity index (χ0) is 37.6. The Morgan fingerprint density at radius 1 is 0.941 bits per heavy atom. The lowest BCUT2D eigenvalue weighted by Crippen LogP contribution is -2.52. The summed E-state index contributed by atoms with van der Waals surface area (Å²) < 4.78 is -0.576. The standard InChI is InChI=1S/C34H48IN7O8S/c1-3-34(35,37-2)31(48)23-11-9-22(10-12-23)20-42-30(47)16-25(33(42)50)51-14-13-27(44)38-18-28(45)39-19-29(46)41-24(32(49)40-17-26(36)43)15-21-7-5-4-6-8-21/h4-8,22-25,37H,3,9-20H2,1-2H3,(H2,36,43)(H,38,44)(H,39,45)(H,40,49)(H,41,46)/t22?,23?,24-,25?,34?/m0/s1.